The Hall–Kier alpha value is -1.87. The second kappa shape index (κ2) is 6.06. The lowest BCUT2D eigenvalue weighted by molar-refractivity contribution is 0.357. The van der Waals surface area contributed by atoms with Gasteiger partial charge in [-0.25, -0.2) is 0 Å². The fraction of sp³-hybridized carbons (Fsp3) is 0.353. The zero-order valence-electron chi connectivity index (χ0n) is 11.9. The third kappa shape index (κ3) is 2.83. The first kappa shape index (κ1) is 13.1. The summed E-state index contributed by atoms with van der Waals surface area (Å²) in [5.74, 6) is 1.03. The Balaban J connectivity index is 1.81. The molecule has 0 atom stereocenters. The van der Waals surface area contributed by atoms with Crippen LogP contribution in [0.25, 0.3) is 11.1 Å². The number of ether oxygens (including phenoxy) is 1. The molecule has 0 unspecified atom stereocenters. The minimum absolute atomic E-state index is 0.804. The van der Waals surface area contributed by atoms with Gasteiger partial charge in [-0.3, -0.25) is 4.98 Å². The summed E-state index contributed by atoms with van der Waals surface area (Å²) in [4.78, 5) is 4.36. The summed E-state index contributed by atoms with van der Waals surface area (Å²) < 4.78 is 5.55. The predicted octanol–water partition coefficient (Wildman–Crippen LogP) is 3.18. The number of nitrogens with zero attached hydrogens (tertiary/aromatic N) is 1. The fourth-order valence-corrected chi connectivity index (χ4v) is 2.52. The molecule has 1 aliphatic rings. The van der Waals surface area contributed by atoms with E-state index in [-0.39, 0.29) is 0 Å². The van der Waals surface area contributed by atoms with Gasteiger partial charge in [0.25, 0.3) is 0 Å². The quantitative estimate of drug-likeness (QED) is 0.846. The maximum absolute atomic E-state index is 5.55. The van der Waals surface area contributed by atoms with E-state index in [1.807, 2.05) is 12.4 Å². The van der Waals surface area contributed by atoms with Crippen LogP contribution in [0.2, 0.25) is 0 Å². The summed E-state index contributed by atoms with van der Waals surface area (Å²) in [7, 11) is 0. The van der Waals surface area contributed by atoms with Crippen molar-refractivity contribution in [3.8, 4) is 16.9 Å². The molecule has 0 radical (unpaired) electrons. The highest BCUT2D eigenvalue weighted by Gasteiger charge is 2.12. The lowest BCUT2D eigenvalue weighted by Crippen LogP contribution is -2.13. The highest BCUT2D eigenvalue weighted by molar-refractivity contribution is 5.65. The SMILES string of the molecule is CCCNCc1cncc(-c2ccc3c(c2)CCO3)c1. The second-order valence-electron chi connectivity index (χ2n) is 5.18. The molecule has 3 rings (SSSR count). The number of rotatable bonds is 5. The van der Waals surface area contributed by atoms with Gasteiger partial charge in [0, 0.05) is 30.9 Å². The lowest BCUT2D eigenvalue weighted by atomic mass is 10.0. The zero-order chi connectivity index (χ0) is 13.8. The van der Waals surface area contributed by atoms with E-state index in [0.717, 1.165) is 38.3 Å². The third-order valence-corrected chi connectivity index (χ3v) is 3.57. The van der Waals surface area contributed by atoms with Crippen LogP contribution < -0.4 is 10.1 Å². The van der Waals surface area contributed by atoms with Gasteiger partial charge in [-0.05, 0) is 47.9 Å². The molecule has 1 aromatic carbocycles. The summed E-state index contributed by atoms with van der Waals surface area (Å²) in [6.45, 7) is 4.90. The zero-order valence-corrected chi connectivity index (χ0v) is 11.9. The van der Waals surface area contributed by atoms with Crippen molar-refractivity contribution in [2.24, 2.45) is 0 Å². The van der Waals surface area contributed by atoms with Crippen LogP contribution in [0, 0.1) is 0 Å². The van der Waals surface area contributed by atoms with E-state index in [1.165, 1.54) is 22.3 Å². The van der Waals surface area contributed by atoms with Crippen LogP contribution in [0.4, 0.5) is 0 Å². The molecule has 2 heterocycles. The van der Waals surface area contributed by atoms with Gasteiger partial charge in [0.1, 0.15) is 5.75 Å². The molecule has 0 saturated carbocycles. The van der Waals surface area contributed by atoms with Gasteiger partial charge in [0.05, 0.1) is 6.61 Å². The lowest BCUT2D eigenvalue weighted by Gasteiger charge is -2.07. The molecule has 0 fully saturated rings. The predicted molar refractivity (Wildman–Crippen MR) is 80.9 cm³/mol. The molecule has 0 amide bonds. The van der Waals surface area contributed by atoms with Crippen LogP contribution >= 0.6 is 0 Å². The number of aromatic nitrogens is 1. The Morgan fingerprint density at radius 3 is 3.05 bits per heavy atom. The molecule has 0 saturated heterocycles. The topological polar surface area (TPSA) is 34.2 Å². The summed E-state index contributed by atoms with van der Waals surface area (Å²) in [5.41, 5.74) is 4.93. The highest BCUT2D eigenvalue weighted by atomic mass is 16.5. The maximum Gasteiger partial charge on any atom is 0.122 e. The van der Waals surface area contributed by atoms with E-state index in [9.17, 15) is 0 Å². The van der Waals surface area contributed by atoms with Crippen molar-refractivity contribution < 1.29 is 4.74 Å². The van der Waals surface area contributed by atoms with Gasteiger partial charge in [0.15, 0.2) is 0 Å². The molecular formula is C17H20N2O. The van der Waals surface area contributed by atoms with Crippen molar-refractivity contribution in [3.63, 3.8) is 0 Å². The molecule has 0 aliphatic carbocycles. The number of hydrogen-bond acceptors (Lipinski definition) is 3. The number of fused-ring (bicyclic) bond motifs is 1. The maximum atomic E-state index is 5.55. The Morgan fingerprint density at radius 2 is 2.15 bits per heavy atom. The molecule has 1 aliphatic heterocycles. The van der Waals surface area contributed by atoms with Gasteiger partial charge >= 0.3 is 0 Å². The number of benzene rings is 1. The molecule has 3 heteroatoms. The van der Waals surface area contributed by atoms with Crippen molar-refractivity contribution in [2.75, 3.05) is 13.2 Å². The van der Waals surface area contributed by atoms with Crippen molar-refractivity contribution in [1.82, 2.24) is 10.3 Å². The number of hydrogen-bond donors (Lipinski definition) is 1. The molecule has 104 valence electrons. The monoisotopic (exact) mass is 268 g/mol. The fourth-order valence-electron chi connectivity index (χ4n) is 2.52. The average molecular weight is 268 g/mol. The first-order chi connectivity index (χ1) is 9.86. The van der Waals surface area contributed by atoms with Gasteiger partial charge in [0.2, 0.25) is 0 Å². The van der Waals surface area contributed by atoms with Crippen molar-refractivity contribution in [1.29, 1.82) is 0 Å². The first-order valence-corrected chi connectivity index (χ1v) is 7.27. The van der Waals surface area contributed by atoms with E-state index in [2.05, 4.69) is 41.5 Å². The van der Waals surface area contributed by atoms with Crippen LogP contribution in [0.5, 0.6) is 5.75 Å². The summed E-state index contributed by atoms with van der Waals surface area (Å²) >= 11 is 0. The van der Waals surface area contributed by atoms with E-state index in [4.69, 9.17) is 4.74 Å². The van der Waals surface area contributed by atoms with Crippen molar-refractivity contribution in [3.05, 3.63) is 47.8 Å². The van der Waals surface area contributed by atoms with Crippen molar-refractivity contribution >= 4 is 0 Å². The summed E-state index contributed by atoms with van der Waals surface area (Å²) in [6.07, 6.45) is 6.02. The normalized spacial score (nSPS) is 13.1. The van der Waals surface area contributed by atoms with Gasteiger partial charge < -0.3 is 10.1 Å². The molecule has 1 N–H and O–H groups in total. The number of nitrogens with one attached hydrogen (secondary N) is 1. The van der Waals surface area contributed by atoms with Crippen LogP contribution in [0.15, 0.2) is 36.7 Å². The standard InChI is InChI=1S/C17H20N2O/c1-2-6-18-10-13-8-16(12-19-11-13)14-3-4-17-15(9-14)5-7-20-17/h3-4,8-9,11-12,18H,2,5-7,10H2,1H3. The third-order valence-electron chi connectivity index (χ3n) is 3.57. The Labute approximate surface area is 120 Å². The Bertz CT molecular complexity index is 595. The molecule has 20 heavy (non-hydrogen) atoms. The number of pyridine rings is 1. The smallest absolute Gasteiger partial charge is 0.122 e. The van der Waals surface area contributed by atoms with Crippen LogP contribution in [-0.2, 0) is 13.0 Å². The Morgan fingerprint density at radius 1 is 1.20 bits per heavy atom. The van der Waals surface area contributed by atoms with Crippen LogP contribution in [0.3, 0.4) is 0 Å². The van der Waals surface area contributed by atoms with Gasteiger partial charge in [-0.1, -0.05) is 13.0 Å². The first-order valence-electron chi connectivity index (χ1n) is 7.27. The molecule has 1 aromatic heterocycles. The van der Waals surface area contributed by atoms with Crippen LogP contribution in [-0.4, -0.2) is 18.1 Å². The second-order valence-corrected chi connectivity index (χ2v) is 5.18. The summed E-state index contributed by atoms with van der Waals surface area (Å²) in [5, 5.41) is 3.41. The van der Waals surface area contributed by atoms with Gasteiger partial charge in [-0.15, -0.1) is 0 Å². The van der Waals surface area contributed by atoms with E-state index in [1.54, 1.807) is 0 Å². The minimum atomic E-state index is 0.804. The van der Waals surface area contributed by atoms with E-state index >= 15 is 0 Å². The van der Waals surface area contributed by atoms with Gasteiger partial charge in [-0.2, -0.15) is 0 Å². The van der Waals surface area contributed by atoms with E-state index in [0.29, 0.717) is 0 Å². The van der Waals surface area contributed by atoms with Crippen molar-refractivity contribution in [2.45, 2.75) is 26.3 Å². The minimum Gasteiger partial charge on any atom is -0.493 e. The highest BCUT2D eigenvalue weighted by Crippen LogP contribution is 2.30. The molecule has 0 bridgehead atoms. The van der Waals surface area contributed by atoms with E-state index < -0.39 is 0 Å². The molecule has 0 spiro atoms. The summed E-state index contributed by atoms with van der Waals surface area (Å²) in [6, 6.07) is 8.62. The Kier molecular flexibility index (Phi) is 3.97. The largest absolute Gasteiger partial charge is 0.493 e. The molecule has 3 nitrogen and oxygen atoms in total. The molecular weight excluding hydrogens is 248 g/mol. The molecule has 2 aromatic rings. The average Bonchev–Trinajstić information content (AvgIpc) is 2.95. The van der Waals surface area contributed by atoms with Crippen LogP contribution in [0.1, 0.15) is 24.5 Å².